The SMILES string of the molecule is CN(CC1CCN(Cc2cc(F)ccc2F)CC1)C(=O)c1cnn(C)c1. The summed E-state index contributed by atoms with van der Waals surface area (Å²) in [5.74, 6) is -0.390. The Hall–Kier alpha value is -2.28. The quantitative estimate of drug-likeness (QED) is 0.821. The van der Waals surface area contributed by atoms with E-state index >= 15 is 0 Å². The number of carbonyl (C=O) groups is 1. The Morgan fingerprint density at radius 2 is 2.04 bits per heavy atom. The monoisotopic (exact) mass is 362 g/mol. The van der Waals surface area contributed by atoms with Crippen molar-refractivity contribution in [1.82, 2.24) is 19.6 Å². The summed E-state index contributed by atoms with van der Waals surface area (Å²) in [6, 6.07) is 3.58. The Bertz CT molecular complexity index is 769. The van der Waals surface area contributed by atoms with Gasteiger partial charge in [0.15, 0.2) is 0 Å². The number of rotatable bonds is 5. The molecule has 3 rings (SSSR count). The number of hydrogen-bond donors (Lipinski definition) is 0. The molecule has 0 spiro atoms. The van der Waals surface area contributed by atoms with Gasteiger partial charge in [-0.05, 0) is 50.0 Å². The van der Waals surface area contributed by atoms with Crippen molar-refractivity contribution in [1.29, 1.82) is 0 Å². The zero-order valence-electron chi connectivity index (χ0n) is 15.2. The molecule has 5 nitrogen and oxygen atoms in total. The average Bonchev–Trinajstić information content (AvgIpc) is 3.05. The molecule has 1 aliphatic heterocycles. The lowest BCUT2D eigenvalue weighted by atomic mass is 9.95. The van der Waals surface area contributed by atoms with Gasteiger partial charge in [0.05, 0.1) is 11.8 Å². The molecule has 0 bridgehead atoms. The number of likely N-dealkylation sites (tertiary alicyclic amines) is 1. The fraction of sp³-hybridized carbons (Fsp3) is 0.474. The van der Waals surface area contributed by atoms with E-state index in [-0.39, 0.29) is 11.7 Å². The molecule has 1 aromatic carbocycles. The predicted molar refractivity (Wildman–Crippen MR) is 94.5 cm³/mol. The fourth-order valence-corrected chi connectivity index (χ4v) is 3.45. The molecule has 1 aromatic heterocycles. The first kappa shape index (κ1) is 18.5. The van der Waals surface area contributed by atoms with Crippen molar-refractivity contribution in [2.24, 2.45) is 13.0 Å². The van der Waals surface area contributed by atoms with Crippen LogP contribution in [0.15, 0.2) is 30.6 Å². The highest BCUT2D eigenvalue weighted by Crippen LogP contribution is 2.21. The van der Waals surface area contributed by atoms with Gasteiger partial charge in [0, 0.05) is 38.9 Å². The summed E-state index contributed by atoms with van der Waals surface area (Å²) in [5, 5.41) is 4.04. The van der Waals surface area contributed by atoms with Crippen molar-refractivity contribution in [2.45, 2.75) is 19.4 Å². The number of nitrogens with zero attached hydrogens (tertiary/aromatic N) is 4. The van der Waals surface area contributed by atoms with Gasteiger partial charge in [-0.25, -0.2) is 8.78 Å². The van der Waals surface area contributed by atoms with Crippen LogP contribution >= 0.6 is 0 Å². The lowest BCUT2D eigenvalue weighted by Crippen LogP contribution is -2.39. The van der Waals surface area contributed by atoms with E-state index in [1.165, 1.54) is 12.1 Å². The summed E-state index contributed by atoms with van der Waals surface area (Å²) in [5.41, 5.74) is 0.987. The number of piperidine rings is 1. The Kier molecular flexibility index (Phi) is 5.66. The fourth-order valence-electron chi connectivity index (χ4n) is 3.45. The third-order valence-corrected chi connectivity index (χ3v) is 4.94. The molecular weight excluding hydrogens is 338 g/mol. The van der Waals surface area contributed by atoms with Gasteiger partial charge in [-0.1, -0.05) is 0 Å². The molecule has 1 saturated heterocycles. The summed E-state index contributed by atoms with van der Waals surface area (Å²) in [6.45, 7) is 2.74. The minimum Gasteiger partial charge on any atom is -0.341 e. The van der Waals surface area contributed by atoms with E-state index in [0.717, 1.165) is 32.0 Å². The maximum absolute atomic E-state index is 13.8. The maximum Gasteiger partial charge on any atom is 0.256 e. The van der Waals surface area contributed by atoms with Crippen LogP contribution in [0.5, 0.6) is 0 Å². The zero-order chi connectivity index (χ0) is 18.7. The van der Waals surface area contributed by atoms with Crippen LogP contribution in [-0.4, -0.2) is 52.2 Å². The van der Waals surface area contributed by atoms with Crippen molar-refractivity contribution in [3.05, 3.63) is 53.4 Å². The second kappa shape index (κ2) is 7.95. The molecule has 0 radical (unpaired) electrons. The normalized spacial score (nSPS) is 16.0. The number of aryl methyl sites for hydroxylation is 1. The summed E-state index contributed by atoms with van der Waals surface area (Å²) in [4.78, 5) is 16.3. The molecule has 0 atom stereocenters. The molecule has 2 heterocycles. The molecule has 26 heavy (non-hydrogen) atoms. The van der Waals surface area contributed by atoms with E-state index in [9.17, 15) is 13.6 Å². The van der Waals surface area contributed by atoms with Crippen LogP contribution < -0.4 is 0 Å². The summed E-state index contributed by atoms with van der Waals surface area (Å²) in [6.07, 6.45) is 5.16. The van der Waals surface area contributed by atoms with Crippen molar-refractivity contribution in [2.75, 3.05) is 26.7 Å². The number of aromatic nitrogens is 2. The van der Waals surface area contributed by atoms with Gasteiger partial charge >= 0.3 is 0 Å². The van der Waals surface area contributed by atoms with E-state index in [1.807, 2.05) is 7.05 Å². The first-order valence-corrected chi connectivity index (χ1v) is 8.83. The molecule has 0 aliphatic carbocycles. The third kappa shape index (κ3) is 4.46. The first-order chi connectivity index (χ1) is 12.4. The van der Waals surface area contributed by atoms with E-state index in [4.69, 9.17) is 0 Å². The molecule has 1 amide bonds. The van der Waals surface area contributed by atoms with Crippen molar-refractivity contribution in [3.8, 4) is 0 Å². The lowest BCUT2D eigenvalue weighted by Gasteiger charge is -2.34. The molecule has 0 unspecified atom stereocenters. The molecule has 140 valence electrons. The smallest absolute Gasteiger partial charge is 0.256 e. The maximum atomic E-state index is 13.8. The Balaban J connectivity index is 1.49. The predicted octanol–water partition coefficient (Wildman–Crippen LogP) is 2.68. The van der Waals surface area contributed by atoms with Gasteiger partial charge in [0.2, 0.25) is 0 Å². The first-order valence-electron chi connectivity index (χ1n) is 8.83. The van der Waals surface area contributed by atoms with Crippen LogP contribution in [0.25, 0.3) is 0 Å². The van der Waals surface area contributed by atoms with Gasteiger partial charge in [-0.2, -0.15) is 5.10 Å². The van der Waals surface area contributed by atoms with E-state index in [2.05, 4.69) is 10.00 Å². The van der Waals surface area contributed by atoms with Crippen LogP contribution in [0.4, 0.5) is 8.78 Å². The number of benzene rings is 1. The Morgan fingerprint density at radius 3 is 2.69 bits per heavy atom. The number of carbonyl (C=O) groups excluding carboxylic acids is 1. The highest BCUT2D eigenvalue weighted by molar-refractivity contribution is 5.93. The second-order valence-electron chi connectivity index (χ2n) is 7.04. The average molecular weight is 362 g/mol. The van der Waals surface area contributed by atoms with Crippen molar-refractivity contribution < 1.29 is 13.6 Å². The largest absolute Gasteiger partial charge is 0.341 e. The minimum absolute atomic E-state index is 0.0256. The standard InChI is InChI=1S/C19H24F2N4O/c1-23(19(26)16-10-22-24(2)12-16)11-14-5-7-25(8-6-14)13-15-9-17(20)3-4-18(15)21/h3-4,9-10,12,14H,5-8,11,13H2,1-2H3. The molecule has 1 aliphatic rings. The van der Waals surface area contributed by atoms with Gasteiger partial charge < -0.3 is 4.90 Å². The van der Waals surface area contributed by atoms with Gasteiger partial charge in [0.1, 0.15) is 11.6 Å². The summed E-state index contributed by atoms with van der Waals surface area (Å²) >= 11 is 0. The van der Waals surface area contributed by atoms with Crippen LogP contribution in [0.3, 0.4) is 0 Å². The number of hydrogen-bond acceptors (Lipinski definition) is 3. The highest BCUT2D eigenvalue weighted by Gasteiger charge is 2.23. The molecule has 0 saturated carbocycles. The number of amides is 1. The van der Waals surface area contributed by atoms with Crippen molar-refractivity contribution >= 4 is 5.91 Å². The Morgan fingerprint density at radius 1 is 1.31 bits per heavy atom. The molecule has 0 N–H and O–H groups in total. The lowest BCUT2D eigenvalue weighted by molar-refractivity contribution is 0.0737. The second-order valence-corrected chi connectivity index (χ2v) is 7.04. The van der Waals surface area contributed by atoms with Crippen LogP contribution in [-0.2, 0) is 13.6 Å². The van der Waals surface area contributed by atoms with Gasteiger partial charge in [0.25, 0.3) is 5.91 Å². The van der Waals surface area contributed by atoms with Crippen molar-refractivity contribution in [3.63, 3.8) is 0 Å². The molecule has 7 heteroatoms. The molecule has 1 fully saturated rings. The van der Waals surface area contributed by atoms with E-state index in [1.54, 1.807) is 29.0 Å². The Labute approximate surface area is 152 Å². The minimum atomic E-state index is -0.410. The number of halogens is 2. The van der Waals surface area contributed by atoms with Gasteiger partial charge in [-0.15, -0.1) is 0 Å². The summed E-state index contributed by atoms with van der Waals surface area (Å²) in [7, 11) is 3.60. The van der Waals surface area contributed by atoms with E-state index in [0.29, 0.717) is 30.1 Å². The van der Waals surface area contributed by atoms with Gasteiger partial charge in [-0.3, -0.25) is 14.4 Å². The van der Waals surface area contributed by atoms with Crippen LogP contribution in [0.1, 0.15) is 28.8 Å². The molecule has 2 aromatic rings. The zero-order valence-corrected chi connectivity index (χ0v) is 15.2. The van der Waals surface area contributed by atoms with Crippen LogP contribution in [0.2, 0.25) is 0 Å². The van der Waals surface area contributed by atoms with Crippen LogP contribution in [0, 0.1) is 17.6 Å². The third-order valence-electron chi connectivity index (χ3n) is 4.94. The van der Waals surface area contributed by atoms with E-state index < -0.39 is 5.82 Å². The highest BCUT2D eigenvalue weighted by atomic mass is 19.1. The molecular formula is C19H24F2N4O. The summed E-state index contributed by atoms with van der Waals surface area (Å²) < 4.78 is 28.7. The topological polar surface area (TPSA) is 41.4 Å².